The second kappa shape index (κ2) is 5.50. The molecule has 0 amide bonds. The Kier molecular flexibility index (Phi) is 4.26. The van der Waals surface area contributed by atoms with E-state index in [0.717, 1.165) is 12.5 Å². The van der Waals surface area contributed by atoms with Crippen LogP contribution in [-0.4, -0.2) is 30.6 Å². The molecule has 0 heterocycles. The SMILES string of the molecule is CN(CC1CC1)C1(CN)CCCCCCC1. The van der Waals surface area contributed by atoms with Gasteiger partial charge in [0.05, 0.1) is 0 Å². The molecule has 0 unspecified atom stereocenters. The highest BCUT2D eigenvalue weighted by atomic mass is 15.2. The molecule has 0 aliphatic heterocycles. The highest BCUT2D eigenvalue weighted by Crippen LogP contribution is 2.35. The van der Waals surface area contributed by atoms with Gasteiger partial charge in [-0.25, -0.2) is 0 Å². The maximum atomic E-state index is 6.11. The van der Waals surface area contributed by atoms with Gasteiger partial charge in [0, 0.05) is 18.6 Å². The van der Waals surface area contributed by atoms with Crippen molar-refractivity contribution in [2.24, 2.45) is 11.7 Å². The summed E-state index contributed by atoms with van der Waals surface area (Å²) in [6.45, 7) is 2.15. The lowest BCUT2D eigenvalue weighted by Gasteiger charge is -2.43. The summed E-state index contributed by atoms with van der Waals surface area (Å²) in [4.78, 5) is 2.61. The fourth-order valence-corrected chi connectivity index (χ4v) is 3.19. The molecular formula is C14H28N2. The van der Waals surface area contributed by atoms with Gasteiger partial charge in [0.15, 0.2) is 0 Å². The van der Waals surface area contributed by atoms with Gasteiger partial charge in [-0.3, -0.25) is 4.90 Å². The average molecular weight is 224 g/mol. The molecule has 0 aromatic heterocycles. The molecule has 94 valence electrons. The van der Waals surface area contributed by atoms with E-state index < -0.39 is 0 Å². The Morgan fingerprint density at radius 3 is 2.12 bits per heavy atom. The molecule has 2 aliphatic carbocycles. The number of likely N-dealkylation sites (N-methyl/N-ethyl adjacent to an activating group) is 1. The molecule has 2 saturated carbocycles. The zero-order valence-corrected chi connectivity index (χ0v) is 10.9. The topological polar surface area (TPSA) is 29.3 Å². The molecule has 2 N–H and O–H groups in total. The largest absolute Gasteiger partial charge is 0.329 e. The zero-order chi connectivity index (χ0) is 11.4. The molecule has 2 nitrogen and oxygen atoms in total. The van der Waals surface area contributed by atoms with Crippen molar-refractivity contribution in [3.05, 3.63) is 0 Å². The van der Waals surface area contributed by atoms with Crippen LogP contribution in [0.1, 0.15) is 57.8 Å². The maximum absolute atomic E-state index is 6.11. The van der Waals surface area contributed by atoms with Crippen LogP contribution in [0, 0.1) is 5.92 Å². The summed E-state index contributed by atoms with van der Waals surface area (Å²) < 4.78 is 0. The minimum atomic E-state index is 0.336. The molecule has 0 bridgehead atoms. The summed E-state index contributed by atoms with van der Waals surface area (Å²) in [6, 6.07) is 0. The third-order valence-corrected chi connectivity index (χ3v) is 4.70. The van der Waals surface area contributed by atoms with E-state index in [1.165, 1.54) is 64.3 Å². The molecule has 0 spiro atoms. The van der Waals surface area contributed by atoms with Crippen molar-refractivity contribution in [1.82, 2.24) is 4.90 Å². The van der Waals surface area contributed by atoms with E-state index in [-0.39, 0.29) is 0 Å². The highest BCUT2D eigenvalue weighted by Gasteiger charge is 2.35. The van der Waals surface area contributed by atoms with Crippen molar-refractivity contribution in [3.63, 3.8) is 0 Å². The van der Waals surface area contributed by atoms with Crippen molar-refractivity contribution < 1.29 is 0 Å². The van der Waals surface area contributed by atoms with E-state index in [4.69, 9.17) is 5.73 Å². The van der Waals surface area contributed by atoms with Crippen LogP contribution in [-0.2, 0) is 0 Å². The van der Waals surface area contributed by atoms with E-state index in [1.54, 1.807) is 0 Å². The molecule has 0 radical (unpaired) electrons. The molecule has 2 heteroatoms. The normalized spacial score (nSPS) is 26.4. The highest BCUT2D eigenvalue weighted by molar-refractivity contribution is 4.93. The van der Waals surface area contributed by atoms with Crippen molar-refractivity contribution in [1.29, 1.82) is 0 Å². The van der Waals surface area contributed by atoms with Crippen LogP contribution < -0.4 is 5.73 Å². The molecule has 0 saturated heterocycles. The first kappa shape index (κ1) is 12.4. The predicted molar refractivity (Wildman–Crippen MR) is 69.5 cm³/mol. The third-order valence-electron chi connectivity index (χ3n) is 4.70. The maximum Gasteiger partial charge on any atom is 0.0328 e. The zero-order valence-electron chi connectivity index (χ0n) is 10.9. The molecule has 2 rings (SSSR count). The molecule has 2 aliphatic rings. The summed E-state index contributed by atoms with van der Waals surface area (Å²) in [6.07, 6.45) is 12.6. The fourth-order valence-electron chi connectivity index (χ4n) is 3.19. The fraction of sp³-hybridized carbons (Fsp3) is 1.00. The van der Waals surface area contributed by atoms with Gasteiger partial charge in [0.2, 0.25) is 0 Å². The van der Waals surface area contributed by atoms with Gasteiger partial charge in [-0.15, -0.1) is 0 Å². The van der Waals surface area contributed by atoms with Crippen LogP contribution in [0.15, 0.2) is 0 Å². The Bertz CT molecular complexity index is 203. The number of hydrogen-bond donors (Lipinski definition) is 1. The number of nitrogens with zero attached hydrogens (tertiary/aromatic N) is 1. The summed E-state index contributed by atoms with van der Waals surface area (Å²) in [7, 11) is 2.31. The standard InChI is InChI=1S/C14H28N2/c1-16(11-13-7-8-13)14(12-15)9-5-3-2-4-6-10-14/h13H,2-12,15H2,1H3. The summed E-state index contributed by atoms with van der Waals surface area (Å²) in [5.74, 6) is 0.985. The van der Waals surface area contributed by atoms with Gasteiger partial charge in [0.25, 0.3) is 0 Å². The van der Waals surface area contributed by atoms with Crippen molar-refractivity contribution in [2.75, 3.05) is 20.1 Å². The Balaban J connectivity index is 1.95. The first-order valence-electron chi connectivity index (χ1n) is 7.18. The lowest BCUT2D eigenvalue weighted by molar-refractivity contribution is 0.0889. The lowest BCUT2D eigenvalue weighted by atomic mass is 9.82. The quantitative estimate of drug-likeness (QED) is 0.795. The Morgan fingerprint density at radius 1 is 1.06 bits per heavy atom. The van der Waals surface area contributed by atoms with Crippen LogP contribution >= 0.6 is 0 Å². The van der Waals surface area contributed by atoms with E-state index in [9.17, 15) is 0 Å². The van der Waals surface area contributed by atoms with Crippen LogP contribution in [0.2, 0.25) is 0 Å². The Hall–Kier alpha value is -0.0800. The minimum Gasteiger partial charge on any atom is -0.329 e. The second-order valence-electron chi connectivity index (χ2n) is 6.02. The smallest absolute Gasteiger partial charge is 0.0328 e. The average Bonchev–Trinajstić information content (AvgIpc) is 3.02. The Labute approximate surface area is 101 Å². The van der Waals surface area contributed by atoms with Crippen LogP contribution in [0.3, 0.4) is 0 Å². The van der Waals surface area contributed by atoms with E-state index in [2.05, 4.69) is 11.9 Å². The predicted octanol–water partition coefficient (Wildman–Crippen LogP) is 2.77. The number of hydrogen-bond acceptors (Lipinski definition) is 2. The first-order valence-corrected chi connectivity index (χ1v) is 7.18. The van der Waals surface area contributed by atoms with Gasteiger partial charge >= 0.3 is 0 Å². The van der Waals surface area contributed by atoms with Crippen LogP contribution in [0.4, 0.5) is 0 Å². The molecule has 0 atom stereocenters. The summed E-state index contributed by atoms with van der Waals surface area (Å²) in [5, 5.41) is 0. The summed E-state index contributed by atoms with van der Waals surface area (Å²) >= 11 is 0. The van der Waals surface area contributed by atoms with E-state index in [0.29, 0.717) is 5.54 Å². The van der Waals surface area contributed by atoms with Gasteiger partial charge in [-0.2, -0.15) is 0 Å². The van der Waals surface area contributed by atoms with Gasteiger partial charge in [-0.1, -0.05) is 32.1 Å². The van der Waals surface area contributed by atoms with Crippen molar-refractivity contribution in [2.45, 2.75) is 63.3 Å². The lowest BCUT2D eigenvalue weighted by Crippen LogP contribution is -2.53. The molecule has 2 fully saturated rings. The number of nitrogens with two attached hydrogens (primary N) is 1. The molecule has 0 aromatic carbocycles. The van der Waals surface area contributed by atoms with Gasteiger partial charge in [-0.05, 0) is 38.6 Å². The van der Waals surface area contributed by atoms with Crippen molar-refractivity contribution >= 4 is 0 Å². The molecule has 16 heavy (non-hydrogen) atoms. The van der Waals surface area contributed by atoms with Crippen LogP contribution in [0.25, 0.3) is 0 Å². The summed E-state index contributed by atoms with van der Waals surface area (Å²) in [5.41, 5.74) is 6.45. The molecular weight excluding hydrogens is 196 g/mol. The number of rotatable bonds is 4. The van der Waals surface area contributed by atoms with E-state index in [1.807, 2.05) is 0 Å². The van der Waals surface area contributed by atoms with Gasteiger partial charge < -0.3 is 5.73 Å². The van der Waals surface area contributed by atoms with Crippen molar-refractivity contribution in [3.8, 4) is 0 Å². The molecule has 0 aromatic rings. The van der Waals surface area contributed by atoms with Gasteiger partial charge in [0.1, 0.15) is 0 Å². The monoisotopic (exact) mass is 224 g/mol. The first-order chi connectivity index (χ1) is 7.77. The minimum absolute atomic E-state index is 0.336. The third kappa shape index (κ3) is 2.98. The van der Waals surface area contributed by atoms with Crippen LogP contribution in [0.5, 0.6) is 0 Å². The Morgan fingerprint density at radius 2 is 1.62 bits per heavy atom. The second-order valence-corrected chi connectivity index (χ2v) is 6.02. The van der Waals surface area contributed by atoms with E-state index >= 15 is 0 Å².